The number of benzene rings is 1. The first kappa shape index (κ1) is 14.7. The Morgan fingerprint density at radius 1 is 1.55 bits per heavy atom. The lowest BCUT2D eigenvalue weighted by Crippen LogP contribution is -2.50. The van der Waals surface area contributed by atoms with Gasteiger partial charge >= 0.3 is 0 Å². The molecular formula is C15H21BrN2OS. The summed E-state index contributed by atoms with van der Waals surface area (Å²) in [6.07, 6.45) is 4.44. The average Bonchev–Trinajstić information content (AvgIpc) is 3.04. The van der Waals surface area contributed by atoms with E-state index in [4.69, 9.17) is 10.6 Å². The zero-order valence-electron chi connectivity index (χ0n) is 11.7. The third-order valence-corrected chi connectivity index (χ3v) is 6.54. The summed E-state index contributed by atoms with van der Waals surface area (Å²) in [5.74, 6) is 8.17. The topological polar surface area (TPSA) is 47.3 Å². The Balaban J connectivity index is 1.86. The molecule has 1 aromatic carbocycles. The van der Waals surface area contributed by atoms with Gasteiger partial charge in [-0.05, 0) is 55.2 Å². The van der Waals surface area contributed by atoms with E-state index in [1.807, 2.05) is 11.8 Å². The van der Waals surface area contributed by atoms with E-state index in [1.165, 1.54) is 29.7 Å². The molecule has 20 heavy (non-hydrogen) atoms. The summed E-state index contributed by atoms with van der Waals surface area (Å²) in [7, 11) is 0. The van der Waals surface area contributed by atoms with Crippen molar-refractivity contribution < 1.29 is 4.74 Å². The van der Waals surface area contributed by atoms with Gasteiger partial charge in [0.2, 0.25) is 0 Å². The van der Waals surface area contributed by atoms with Crippen molar-refractivity contribution in [3.63, 3.8) is 0 Å². The van der Waals surface area contributed by atoms with E-state index < -0.39 is 0 Å². The Hall–Kier alpha value is -0.230. The number of halogens is 1. The zero-order chi connectivity index (χ0) is 14.2. The highest BCUT2D eigenvalue weighted by Gasteiger charge is 2.38. The van der Waals surface area contributed by atoms with Crippen LogP contribution in [-0.4, -0.2) is 23.1 Å². The molecule has 110 valence electrons. The van der Waals surface area contributed by atoms with E-state index >= 15 is 0 Å². The molecule has 0 bridgehead atoms. The molecule has 1 aromatic rings. The minimum atomic E-state index is 0.225. The molecule has 3 rings (SSSR count). The summed E-state index contributed by atoms with van der Waals surface area (Å²) in [6.45, 7) is 3.12. The lowest BCUT2D eigenvalue weighted by Gasteiger charge is -2.33. The number of hydrogen-bond acceptors (Lipinski definition) is 4. The van der Waals surface area contributed by atoms with Crippen LogP contribution in [0.2, 0.25) is 0 Å². The molecule has 0 saturated carbocycles. The quantitative estimate of drug-likeness (QED) is 0.642. The summed E-state index contributed by atoms with van der Waals surface area (Å²) in [5.41, 5.74) is 5.63. The number of hydrogen-bond donors (Lipinski definition) is 2. The molecule has 1 saturated heterocycles. The molecule has 2 atom stereocenters. The van der Waals surface area contributed by atoms with Gasteiger partial charge in [0.1, 0.15) is 5.75 Å². The van der Waals surface area contributed by atoms with E-state index in [1.54, 1.807) is 0 Å². The van der Waals surface area contributed by atoms with Crippen molar-refractivity contribution >= 4 is 27.7 Å². The predicted molar refractivity (Wildman–Crippen MR) is 88.3 cm³/mol. The molecule has 0 aliphatic carbocycles. The van der Waals surface area contributed by atoms with Crippen LogP contribution in [0.3, 0.4) is 0 Å². The van der Waals surface area contributed by atoms with E-state index in [-0.39, 0.29) is 10.8 Å². The molecule has 1 fully saturated rings. The first-order valence-electron chi connectivity index (χ1n) is 7.16. The largest absolute Gasteiger partial charge is 0.493 e. The van der Waals surface area contributed by atoms with Gasteiger partial charge in [0.25, 0.3) is 0 Å². The fourth-order valence-corrected chi connectivity index (χ4v) is 5.19. The lowest BCUT2D eigenvalue weighted by atomic mass is 9.90. The molecule has 2 heterocycles. The third kappa shape index (κ3) is 2.73. The SMILES string of the molecule is CC1(C(Cc2cc(Br)cc3c2OCC3)NN)CCCS1. The summed E-state index contributed by atoms with van der Waals surface area (Å²) in [4.78, 5) is 0. The van der Waals surface area contributed by atoms with Crippen molar-refractivity contribution in [1.82, 2.24) is 5.43 Å². The van der Waals surface area contributed by atoms with Crippen LogP contribution >= 0.6 is 27.7 Å². The second-order valence-electron chi connectivity index (χ2n) is 5.84. The molecule has 2 aliphatic rings. The van der Waals surface area contributed by atoms with Crippen molar-refractivity contribution in [2.45, 2.75) is 43.4 Å². The molecule has 0 spiro atoms. The van der Waals surface area contributed by atoms with Crippen molar-refractivity contribution in [1.29, 1.82) is 0 Å². The van der Waals surface area contributed by atoms with Crippen LogP contribution in [0.4, 0.5) is 0 Å². The predicted octanol–water partition coefficient (Wildman–Crippen LogP) is 3.04. The summed E-state index contributed by atoms with van der Waals surface area (Å²) in [6, 6.07) is 4.62. The average molecular weight is 357 g/mol. The van der Waals surface area contributed by atoms with Crippen molar-refractivity contribution in [2.75, 3.05) is 12.4 Å². The number of ether oxygens (including phenoxy) is 1. The number of fused-ring (bicyclic) bond motifs is 1. The van der Waals surface area contributed by atoms with Crippen molar-refractivity contribution in [3.05, 3.63) is 27.7 Å². The Bertz CT molecular complexity index is 503. The van der Waals surface area contributed by atoms with Gasteiger partial charge in [-0.1, -0.05) is 15.9 Å². The second-order valence-corrected chi connectivity index (χ2v) is 8.38. The normalized spacial score (nSPS) is 26.4. The maximum atomic E-state index is 5.85. The Morgan fingerprint density at radius 3 is 3.10 bits per heavy atom. The van der Waals surface area contributed by atoms with E-state index in [2.05, 4.69) is 40.4 Å². The number of rotatable bonds is 4. The molecular weight excluding hydrogens is 336 g/mol. The van der Waals surface area contributed by atoms with Gasteiger partial charge in [-0.15, -0.1) is 0 Å². The monoisotopic (exact) mass is 356 g/mol. The minimum Gasteiger partial charge on any atom is -0.493 e. The van der Waals surface area contributed by atoms with Gasteiger partial charge < -0.3 is 4.74 Å². The maximum absolute atomic E-state index is 5.85. The number of thioether (sulfide) groups is 1. The third-order valence-electron chi connectivity index (χ3n) is 4.44. The molecule has 2 aliphatic heterocycles. The Labute approximate surface area is 133 Å². The minimum absolute atomic E-state index is 0.225. The van der Waals surface area contributed by atoms with E-state index in [0.717, 1.165) is 29.7 Å². The Kier molecular flexibility index (Phi) is 4.32. The Morgan fingerprint density at radius 2 is 2.40 bits per heavy atom. The molecule has 3 N–H and O–H groups in total. The maximum Gasteiger partial charge on any atom is 0.125 e. The fraction of sp³-hybridized carbons (Fsp3) is 0.600. The van der Waals surface area contributed by atoms with Gasteiger partial charge in [-0.3, -0.25) is 11.3 Å². The molecule has 0 radical (unpaired) electrons. The van der Waals surface area contributed by atoms with Crippen LogP contribution in [-0.2, 0) is 12.8 Å². The smallest absolute Gasteiger partial charge is 0.125 e. The first-order valence-corrected chi connectivity index (χ1v) is 8.94. The number of nitrogens with two attached hydrogens (primary N) is 1. The van der Waals surface area contributed by atoms with E-state index in [9.17, 15) is 0 Å². The summed E-state index contributed by atoms with van der Waals surface area (Å²) < 4.78 is 7.19. The van der Waals surface area contributed by atoms with Crippen molar-refractivity contribution in [3.8, 4) is 5.75 Å². The fourth-order valence-electron chi connectivity index (χ4n) is 3.24. The van der Waals surface area contributed by atoms with Gasteiger partial charge in [0.15, 0.2) is 0 Å². The van der Waals surface area contributed by atoms with Crippen LogP contribution in [0.15, 0.2) is 16.6 Å². The van der Waals surface area contributed by atoms with Gasteiger partial charge in [0, 0.05) is 21.7 Å². The van der Waals surface area contributed by atoms with E-state index in [0.29, 0.717) is 0 Å². The lowest BCUT2D eigenvalue weighted by molar-refractivity contribution is 0.347. The summed E-state index contributed by atoms with van der Waals surface area (Å²) in [5, 5.41) is 0. The standard InChI is InChI=1S/C15H21BrN2OS/c1-15(4-2-6-20-15)13(18-17)9-11-8-12(16)7-10-3-5-19-14(10)11/h7-8,13,18H,2-6,9,17H2,1H3. The molecule has 0 amide bonds. The molecule has 0 aromatic heterocycles. The number of hydrazine groups is 1. The van der Waals surface area contributed by atoms with Gasteiger partial charge in [0.05, 0.1) is 6.61 Å². The highest BCUT2D eigenvalue weighted by atomic mass is 79.9. The van der Waals surface area contributed by atoms with Crippen molar-refractivity contribution in [2.24, 2.45) is 5.84 Å². The van der Waals surface area contributed by atoms with Gasteiger partial charge in [-0.2, -0.15) is 11.8 Å². The van der Waals surface area contributed by atoms with Crippen LogP contribution < -0.4 is 16.0 Å². The number of nitrogens with one attached hydrogen (secondary N) is 1. The molecule has 3 nitrogen and oxygen atoms in total. The van der Waals surface area contributed by atoms with Gasteiger partial charge in [-0.25, -0.2) is 0 Å². The van der Waals surface area contributed by atoms with Crippen LogP contribution in [0.5, 0.6) is 5.75 Å². The zero-order valence-corrected chi connectivity index (χ0v) is 14.1. The highest BCUT2D eigenvalue weighted by molar-refractivity contribution is 9.10. The second kappa shape index (κ2) is 5.87. The van der Waals surface area contributed by atoms with Crippen LogP contribution in [0.25, 0.3) is 0 Å². The van der Waals surface area contributed by atoms with Crippen LogP contribution in [0, 0.1) is 0 Å². The van der Waals surface area contributed by atoms with Crippen LogP contribution in [0.1, 0.15) is 30.9 Å². The summed E-state index contributed by atoms with van der Waals surface area (Å²) >= 11 is 5.65. The first-order chi connectivity index (χ1) is 9.62. The molecule has 5 heteroatoms. The molecule has 2 unspecified atom stereocenters. The highest BCUT2D eigenvalue weighted by Crippen LogP contribution is 2.42.